The van der Waals surface area contributed by atoms with Crippen molar-refractivity contribution in [3.63, 3.8) is 0 Å². The van der Waals surface area contributed by atoms with Gasteiger partial charge in [-0.15, -0.1) is 5.10 Å². The molecule has 0 aromatic heterocycles. The van der Waals surface area contributed by atoms with Crippen LogP contribution in [0.2, 0.25) is 0 Å². The van der Waals surface area contributed by atoms with Crippen molar-refractivity contribution in [1.29, 1.82) is 0 Å². The zero-order valence-electron chi connectivity index (χ0n) is 12.3. The Morgan fingerprint density at radius 3 is 2.71 bits per heavy atom. The van der Waals surface area contributed by atoms with E-state index in [1.54, 1.807) is 12.1 Å². The van der Waals surface area contributed by atoms with Crippen LogP contribution in [0, 0.1) is 10.1 Å². The van der Waals surface area contributed by atoms with E-state index in [9.17, 15) is 14.9 Å². The summed E-state index contributed by atoms with van der Waals surface area (Å²) in [6.45, 7) is 0. The van der Waals surface area contributed by atoms with E-state index < -0.39 is 4.92 Å². The van der Waals surface area contributed by atoms with Gasteiger partial charge in [0.1, 0.15) is 5.25 Å². The van der Waals surface area contributed by atoms with Gasteiger partial charge in [-0.05, 0) is 5.56 Å². The quantitative estimate of drug-likeness (QED) is 0.526. The van der Waals surface area contributed by atoms with Crippen molar-refractivity contribution in [1.82, 2.24) is 5.32 Å². The lowest BCUT2D eigenvalue weighted by Crippen LogP contribution is -2.21. The summed E-state index contributed by atoms with van der Waals surface area (Å²) in [7, 11) is 0. The lowest BCUT2D eigenvalue weighted by atomic mass is 10.1. The lowest BCUT2D eigenvalue weighted by molar-refractivity contribution is -0.384. The van der Waals surface area contributed by atoms with Crippen molar-refractivity contribution in [2.45, 2.75) is 5.25 Å². The predicted molar refractivity (Wildman–Crippen MR) is 93.0 cm³/mol. The molecule has 120 valence electrons. The Kier molecular flexibility index (Phi) is 4.66. The maximum absolute atomic E-state index is 12.0. The van der Waals surface area contributed by atoms with Gasteiger partial charge in [-0.1, -0.05) is 54.2 Å². The second kappa shape index (κ2) is 7.05. The zero-order valence-corrected chi connectivity index (χ0v) is 13.1. The Morgan fingerprint density at radius 2 is 1.96 bits per heavy atom. The number of nitrogens with zero attached hydrogens (tertiary/aromatic N) is 3. The normalized spacial score (nSPS) is 18.9. The Bertz CT molecular complexity index is 836. The number of carbonyl (C=O) groups is 1. The summed E-state index contributed by atoms with van der Waals surface area (Å²) in [5.41, 5.74) is 1.44. The maximum atomic E-state index is 12.0. The number of thioether (sulfide) groups is 1. The smallest absolute Gasteiger partial charge is 0.270 e. The Balaban J connectivity index is 1.71. The molecule has 0 aliphatic carbocycles. The highest BCUT2D eigenvalue weighted by Gasteiger charge is 2.31. The van der Waals surface area contributed by atoms with E-state index in [1.165, 1.54) is 30.1 Å². The SMILES string of the molecule is O=C1N/C(=N/N=C\c2cccc([N+](=O)[O-])c2)S[C@@H]1c1ccccc1. The van der Waals surface area contributed by atoms with Gasteiger partial charge < -0.3 is 5.32 Å². The molecule has 0 saturated carbocycles. The zero-order chi connectivity index (χ0) is 16.9. The van der Waals surface area contributed by atoms with Gasteiger partial charge in [0.2, 0.25) is 5.91 Å². The summed E-state index contributed by atoms with van der Waals surface area (Å²) in [5.74, 6) is -0.143. The van der Waals surface area contributed by atoms with Gasteiger partial charge in [0.15, 0.2) is 5.17 Å². The fourth-order valence-corrected chi connectivity index (χ4v) is 3.06. The molecule has 0 spiro atoms. The van der Waals surface area contributed by atoms with Gasteiger partial charge in [-0.25, -0.2) is 0 Å². The molecule has 24 heavy (non-hydrogen) atoms. The molecule has 1 amide bonds. The number of carbonyl (C=O) groups excluding carboxylic acids is 1. The number of non-ortho nitro benzene ring substituents is 1. The molecule has 2 aromatic rings. The van der Waals surface area contributed by atoms with Crippen LogP contribution in [0.5, 0.6) is 0 Å². The number of benzene rings is 2. The third-order valence-corrected chi connectivity index (χ3v) is 4.37. The van der Waals surface area contributed by atoms with Gasteiger partial charge in [0, 0.05) is 17.7 Å². The lowest BCUT2D eigenvalue weighted by Gasteiger charge is -2.03. The molecule has 0 bridgehead atoms. The first-order valence-corrected chi connectivity index (χ1v) is 7.89. The number of hydrogen-bond donors (Lipinski definition) is 1. The van der Waals surface area contributed by atoms with Crippen LogP contribution in [-0.4, -0.2) is 22.2 Å². The van der Waals surface area contributed by atoms with Gasteiger partial charge in [-0.3, -0.25) is 14.9 Å². The van der Waals surface area contributed by atoms with Crippen molar-refractivity contribution in [3.05, 3.63) is 75.8 Å². The Morgan fingerprint density at radius 1 is 1.17 bits per heavy atom. The molecule has 1 saturated heterocycles. The molecule has 1 fully saturated rings. The van der Waals surface area contributed by atoms with Crippen LogP contribution in [0.25, 0.3) is 0 Å². The number of rotatable bonds is 4. The van der Waals surface area contributed by atoms with Crippen LogP contribution >= 0.6 is 11.8 Å². The second-order valence-corrected chi connectivity index (χ2v) is 5.99. The molecule has 2 aromatic carbocycles. The highest BCUT2D eigenvalue weighted by atomic mass is 32.2. The maximum Gasteiger partial charge on any atom is 0.270 e. The van der Waals surface area contributed by atoms with Gasteiger partial charge >= 0.3 is 0 Å². The first-order valence-electron chi connectivity index (χ1n) is 7.01. The van der Waals surface area contributed by atoms with Crippen molar-refractivity contribution < 1.29 is 9.72 Å². The number of nitrogens with one attached hydrogen (secondary N) is 1. The van der Waals surface area contributed by atoms with Crippen LogP contribution in [0.4, 0.5) is 5.69 Å². The molecule has 8 heteroatoms. The largest absolute Gasteiger partial charge is 0.302 e. The van der Waals surface area contributed by atoms with Crippen LogP contribution in [0.3, 0.4) is 0 Å². The highest BCUT2D eigenvalue weighted by molar-refractivity contribution is 8.15. The fraction of sp³-hybridized carbons (Fsp3) is 0.0625. The average molecular weight is 340 g/mol. The predicted octanol–water partition coefficient (Wildman–Crippen LogP) is 2.89. The summed E-state index contributed by atoms with van der Waals surface area (Å²) in [5, 5.41) is 21.3. The van der Waals surface area contributed by atoms with E-state index in [2.05, 4.69) is 15.5 Å². The Hall–Kier alpha value is -3.00. The van der Waals surface area contributed by atoms with E-state index in [0.717, 1.165) is 5.56 Å². The van der Waals surface area contributed by atoms with Crippen molar-refractivity contribution in [2.24, 2.45) is 10.2 Å². The number of hydrogen-bond acceptors (Lipinski definition) is 6. The summed E-state index contributed by atoms with van der Waals surface area (Å²) in [6.07, 6.45) is 1.41. The molecular weight excluding hydrogens is 328 g/mol. The van der Waals surface area contributed by atoms with E-state index in [-0.39, 0.29) is 16.8 Å². The summed E-state index contributed by atoms with van der Waals surface area (Å²) in [6, 6.07) is 15.5. The molecular formula is C16H12N4O3S. The van der Waals surface area contributed by atoms with Crippen LogP contribution in [0.1, 0.15) is 16.4 Å². The fourth-order valence-electron chi connectivity index (χ4n) is 2.13. The van der Waals surface area contributed by atoms with E-state index in [0.29, 0.717) is 10.7 Å². The van der Waals surface area contributed by atoms with E-state index in [1.807, 2.05) is 30.3 Å². The summed E-state index contributed by atoms with van der Waals surface area (Å²) >= 11 is 1.28. The average Bonchev–Trinajstić information content (AvgIpc) is 2.96. The van der Waals surface area contributed by atoms with Crippen molar-refractivity contribution >= 4 is 34.7 Å². The van der Waals surface area contributed by atoms with Gasteiger partial charge in [0.25, 0.3) is 5.69 Å². The number of amides is 1. The molecule has 1 heterocycles. The molecule has 1 N–H and O–H groups in total. The first kappa shape index (κ1) is 15.9. The molecule has 0 unspecified atom stereocenters. The molecule has 1 aliphatic heterocycles. The molecule has 7 nitrogen and oxygen atoms in total. The minimum absolute atomic E-state index is 0.0145. The van der Waals surface area contributed by atoms with Crippen molar-refractivity contribution in [2.75, 3.05) is 0 Å². The van der Waals surface area contributed by atoms with Crippen LogP contribution in [-0.2, 0) is 4.79 Å². The minimum atomic E-state index is -0.471. The standard InChI is InChI=1S/C16H12N4O3S/c21-15-14(12-6-2-1-3-7-12)24-16(18-15)19-17-10-11-5-4-8-13(9-11)20(22)23/h1-10,14H,(H,18,19,21)/b17-10-/t14-/m1/s1. The topological polar surface area (TPSA) is 97.0 Å². The molecule has 1 aliphatic rings. The first-order chi connectivity index (χ1) is 11.6. The number of nitro groups is 1. The van der Waals surface area contributed by atoms with Gasteiger partial charge in [-0.2, -0.15) is 5.10 Å². The Labute approximate surface area is 141 Å². The molecule has 3 rings (SSSR count). The summed E-state index contributed by atoms with van der Waals surface area (Å²) in [4.78, 5) is 22.3. The van der Waals surface area contributed by atoms with Gasteiger partial charge in [0.05, 0.1) is 11.1 Å². The second-order valence-electron chi connectivity index (χ2n) is 4.90. The monoisotopic (exact) mass is 340 g/mol. The highest BCUT2D eigenvalue weighted by Crippen LogP contribution is 2.34. The van der Waals surface area contributed by atoms with Crippen molar-refractivity contribution in [3.8, 4) is 0 Å². The third kappa shape index (κ3) is 3.66. The summed E-state index contributed by atoms with van der Waals surface area (Å²) < 4.78 is 0. The number of nitro benzene ring substituents is 1. The minimum Gasteiger partial charge on any atom is -0.302 e. The molecule has 1 atom stereocenters. The van der Waals surface area contributed by atoms with Crippen LogP contribution in [0.15, 0.2) is 64.8 Å². The van der Waals surface area contributed by atoms with E-state index in [4.69, 9.17) is 0 Å². The molecule has 0 radical (unpaired) electrons. The number of amidine groups is 1. The van der Waals surface area contributed by atoms with E-state index >= 15 is 0 Å². The van der Waals surface area contributed by atoms with Crippen LogP contribution < -0.4 is 5.32 Å². The third-order valence-electron chi connectivity index (χ3n) is 3.24.